The molecule has 1 heterocycles. The predicted molar refractivity (Wildman–Crippen MR) is 70.9 cm³/mol. The Morgan fingerprint density at radius 3 is 2.44 bits per heavy atom. The van der Waals surface area contributed by atoms with Crippen LogP contribution in [0, 0.1) is 0 Å². The SMILES string of the molecule is O=S(=O)(N[C@H](CO)c1ccccc1)c1cccs1. The standard InChI is InChI=1S/C12H13NO3S2/c14-9-11(10-5-2-1-3-6-10)13-18(15,16)12-7-4-8-17-12/h1-8,11,13-14H,9H2/t11-/m1/s1. The van der Waals surface area contributed by atoms with Crippen molar-refractivity contribution in [1.82, 2.24) is 4.72 Å². The average Bonchev–Trinajstić information content (AvgIpc) is 2.92. The minimum Gasteiger partial charge on any atom is -0.394 e. The van der Waals surface area contributed by atoms with Crippen molar-refractivity contribution in [2.45, 2.75) is 10.3 Å². The van der Waals surface area contributed by atoms with Gasteiger partial charge in [-0.1, -0.05) is 36.4 Å². The maximum absolute atomic E-state index is 12.0. The first-order valence-electron chi connectivity index (χ1n) is 5.35. The zero-order chi connectivity index (χ0) is 13.0. The quantitative estimate of drug-likeness (QED) is 0.878. The molecule has 0 spiro atoms. The van der Waals surface area contributed by atoms with Gasteiger partial charge in [0.15, 0.2) is 0 Å². The van der Waals surface area contributed by atoms with Crippen LogP contribution >= 0.6 is 11.3 Å². The highest BCUT2D eigenvalue weighted by Crippen LogP contribution is 2.20. The normalized spacial score (nSPS) is 13.4. The molecule has 0 fully saturated rings. The number of nitrogens with one attached hydrogen (secondary N) is 1. The van der Waals surface area contributed by atoms with Crippen molar-refractivity contribution in [3.63, 3.8) is 0 Å². The van der Waals surface area contributed by atoms with Crippen molar-refractivity contribution >= 4 is 21.4 Å². The lowest BCUT2D eigenvalue weighted by Crippen LogP contribution is -2.30. The molecule has 1 aromatic carbocycles. The number of rotatable bonds is 5. The third kappa shape index (κ3) is 2.97. The molecular formula is C12H13NO3S2. The van der Waals surface area contributed by atoms with E-state index in [0.717, 1.165) is 16.9 Å². The second-order valence-corrected chi connectivity index (χ2v) is 6.59. The Bertz CT molecular complexity index is 579. The summed E-state index contributed by atoms with van der Waals surface area (Å²) >= 11 is 1.15. The predicted octanol–water partition coefficient (Wildman–Crippen LogP) is 1.76. The van der Waals surface area contributed by atoms with Gasteiger partial charge < -0.3 is 5.11 Å². The lowest BCUT2D eigenvalue weighted by atomic mass is 10.1. The van der Waals surface area contributed by atoms with Crippen molar-refractivity contribution in [3.8, 4) is 0 Å². The summed E-state index contributed by atoms with van der Waals surface area (Å²) in [6.45, 7) is -0.283. The van der Waals surface area contributed by atoms with Crippen molar-refractivity contribution in [1.29, 1.82) is 0 Å². The van der Waals surface area contributed by atoms with E-state index in [9.17, 15) is 13.5 Å². The van der Waals surface area contributed by atoms with Crippen LogP contribution in [0.25, 0.3) is 0 Å². The number of benzene rings is 1. The molecule has 0 saturated carbocycles. The van der Waals surface area contributed by atoms with Crippen LogP contribution in [0.1, 0.15) is 11.6 Å². The fourth-order valence-corrected chi connectivity index (χ4v) is 3.78. The van der Waals surface area contributed by atoms with Crippen LogP contribution in [0.3, 0.4) is 0 Å². The molecule has 2 N–H and O–H groups in total. The summed E-state index contributed by atoms with van der Waals surface area (Å²) in [5.74, 6) is 0. The molecule has 1 atom stereocenters. The van der Waals surface area contributed by atoms with Gasteiger partial charge in [-0.2, -0.15) is 0 Å². The van der Waals surface area contributed by atoms with Crippen LogP contribution in [-0.2, 0) is 10.0 Å². The maximum Gasteiger partial charge on any atom is 0.250 e. The number of thiophene rings is 1. The van der Waals surface area contributed by atoms with Gasteiger partial charge in [-0.25, -0.2) is 13.1 Å². The summed E-state index contributed by atoms with van der Waals surface area (Å²) in [5.41, 5.74) is 0.736. The van der Waals surface area contributed by atoms with E-state index in [1.54, 1.807) is 35.7 Å². The Hall–Kier alpha value is -1.21. The summed E-state index contributed by atoms with van der Waals surface area (Å²) in [5, 5.41) is 11.0. The summed E-state index contributed by atoms with van der Waals surface area (Å²) < 4.78 is 26.8. The van der Waals surface area contributed by atoms with E-state index in [2.05, 4.69) is 4.72 Å². The molecule has 1 aromatic heterocycles. The highest BCUT2D eigenvalue weighted by molar-refractivity contribution is 7.91. The van der Waals surface area contributed by atoms with E-state index < -0.39 is 16.1 Å². The molecule has 0 aliphatic heterocycles. The summed E-state index contributed by atoms with van der Waals surface area (Å²) in [4.78, 5) is 0. The van der Waals surface area contributed by atoms with E-state index in [1.165, 1.54) is 6.07 Å². The van der Waals surface area contributed by atoms with Crippen molar-refractivity contribution in [2.75, 3.05) is 6.61 Å². The number of sulfonamides is 1. The van der Waals surface area contributed by atoms with Gasteiger partial charge in [-0.15, -0.1) is 11.3 Å². The Morgan fingerprint density at radius 2 is 1.89 bits per heavy atom. The van der Waals surface area contributed by atoms with Gasteiger partial charge >= 0.3 is 0 Å². The highest BCUT2D eigenvalue weighted by atomic mass is 32.2. The largest absolute Gasteiger partial charge is 0.394 e. The van der Waals surface area contributed by atoms with Crippen LogP contribution in [0.5, 0.6) is 0 Å². The molecule has 0 unspecified atom stereocenters. The van der Waals surface area contributed by atoms with Crippen LogP contribution in [-0.4, -0.2) is 20.1 Å². The smallest absolute Gasteiger partial charge is 0.250 e. The van der Waals surface area contributed by atoms with Crippen LogP contribution in [0.2, 0.25) is 0 Å². The van der Waals surface area contributed by atoms with Crippen LogP contribution in [0.15, 0.2) is 52.1 Å². The fraction of sp³-hybridized carbons (Fsp3) is 0.167. The zero-order valence-electron chi connectivity index (χ0n) is 9.48. The lowest BCUT2D eigenvalue weighted by molar-refractivity contribution is 0.259. The van der Waals surface area contributed by atoms with Gasteiger partial charge in [0.1, 0.15) is 4.21 Å². The summed E-state index contributed by atoms with van der Waals surface area (Å²) in [6.07, 6.45) is 0. The molecule has 4 nitrogen and oxygen atoms in total. The Labute approximate surface area is 110 Å². The van der Waals surface area contributed by atoms with E-state index in [0.29, 0.717) is 0 Å². The van der Waals surface area contributed by atoms with E-state index in [-0.39, 0.29) is 10.8 Å². The van der Waals surface area contributed by atoms with Crippen LogP contribution < -0.4 is 4.72 Å². The van der Waals surface area contributed by atoms with Gasteiger partial charge in [0.05, 0.1) is 12.6 Å². The molecule has 0 amide bonds. The molecule has 18 heavy (non-hydrogen) atoms. The third-order valence-corrected chi connectivity index (χ3v) is 5.31. The minimum atomic E-state index is -3.57. The first kappa shape index (κ1) is 13.2. The van der Waals surface area contributed by atoms with Crippen molar-refractivity contribution in [2.24, 2.45) is 0 Å². The average molecular weight is 283 g/mol. The van der Waals surface area contributed by atoms with E-state index >= 15 is 0 Å². The molecule has 0 aliphatic carbocycles. The third-order valence-electron chi connectivity index (χ3n) is 2.44. The second-order valence-electron chi connectivity index (χ2n) is 3.70. The molecule has 6 heteroatoms. The summed E-state index contributed by atoms with van der Waals surface area (Å²) in [6, 6.07) is 11.6. The topological polar surface area (TPSA) is 66.4 Å². The second kappa shape index (κ2) is 5.62. The molecule has 0 saturated heterocycles. The Morgan fingerprint density at radius 1 is 1.17 bits per heavy atom. The van der Waals surface area contributed by atoms with Gasteiger partial charge in [0.2, 0.25) is 0 Å². The maximum atomic E-state index is 12.0. The van der Waals surface area contributed by atoms with Crippen LogP contribution in [0.4, 0.5) is 0 Å². The lowest BCUT2D eigenvalue weighted by Gasteiger charge is -2.16. The Balaban J connectivity index is 2.22. The number of hydrogen-bond donors (Lipinski definition) is 2. The van der Waals surface area contributed by atoms with Gasteiger partial charge in [-0.3, -0.25) is 0 Å². The van der Waals surface area contributed by atoms with Crippen molar-refractivity contribution < 1.29 is 13.5 Å². The number of aliphatic hydroxyl groups is 1. The molecule has 2 aromatic rings. The van der Waals surface area contributed by atoms with E-state index in [1.807, 2.05) is 6.07 Å². The fourth-order valence-electron chi connectivity index (χ4n) is 1.56. The molecule has 0 aliphatic rings. The monoisotopic (exact) mass is 283 g/mol. The molecule has 0 radical (unpaired) electrons. The summed E-state index contributed by atoms with van der Waals surface area (Å²) in [7, 11) is -3.57. The molecular weight excluding hydrogens is 270 g/mol. The highest BCUT2D eigenvalue weighted by Gasteiger charge is 2.21. The first-order chi connectivity index (χ1) is 8.63. The minimum absolute atomic E-state index is 0.247. The molecule has 96 valence electrons. The van der Waals surface area contributed by atoms with E-state index in [4.69, 9.17) is 0 Å². The number of hydrogen-bond acceptors (Lipinski definition) is 4. The number of aliphatic hydroxyl groups excluding tert-OH is 1. The van der Waals surface area contributed by atoms with Gasteiger partial charge in [-0.05, 0) is 17.0 Å². The molecule has 0 bridgehead atoms. The van der Waals surface area contributed by atoms with Gasteiger partial charge in [0, 0.05) is 0 Å². The van der Waals surface area contributed by atoms with Gasteiger partial charge in [0.25, 0.3) is 10.0 Å². The zero-order valence-corrected chi connectivity index (χ0v) is 11.1. The first-order valence-corrected chi connectivity index (χ1v) is 7.71. The Kier molecular flexibility index (Phi) is 4.13. The van der Waals surface area contributed by atoms with Crippen molar-refractivity contribution in [3.05, 3.63) is 53.4 Å². The molecule has 2 rings (SSSR count).